The topological polar surface area (TPSA) is 107 Å². The number of alkyl halides is 2. The van der Waals surface area contributed by atoms with Crippen molar-refractivity contribution in [3.05, 3.63) is 42.6 Å². The van der Waals surface area contributed by atoms with Crippen molar-refractivity contribution < 1.29 is 9.53 Å². The molecular weight excluding hydrogens is 523 g/mol. The SMILES string of the molecule is C#CCOC(=O)c1sc(C(C)(C)C2C(Cl)CC(n3ncc(=O)[nH]c3=O)CC2Cl)nc1C1CCCCC1. The normalized spacial score (nSPS) is 25.3. The highest BCUT2D eigenvalue weighted by Gasteiger charge is 2.48. The number of ether oxygens (including phenoxy) is 1. The molecule has 11 heteroatoms. The minimum Gasteiger partial charge on any atom is -0.448 e. The third kappa shape index (κ3) is 5.41. The van der Waals surface area contributed by atoms with Crippen LogP contribution in [0.1, 0.15) is 91.1 Å². The van der Waals surface area contributed by atoms with Gasteiger partial charge >= 0.3 is 11.7 Å². The summed E-state index contributed by atoms with van der Waals surface area (Å²) in [6.45, 7) is 4.01. The molecule has 2 heterocycles. The van der Waals surface area contributed by atoms with Crippen LogP contribution in [0.4, 0.5) is 0 Å². The summed E-state index contributed by atoms with van der Waals surface area (Å²) in [7, 11) is 0. The first-order valence-electron chi connectivity index (χ1n) is 12.2. The highest BCUT2D eigenvalue weighted by Crippen LogP contribution is 2.49. The number of aromatic amines is 1. The number of aromatic nitrogens is 4. The Balaban J connectivity index is 1.63. The molecule has 1 N–H and O–H groups in total. The maximum Gasteiger partial charge on any atom is 0.351 e. The third-order valence-electron chi connectivity index (χ3n) is 7.36. The summed E-state index contributed by atoms with van der Waals surface area (Å²) in [5.41, 5.74) is -0.888. The molecule has 0 bridgehead atoms. The summed E-state index contributed by atoms with van der Waals surface area (Å²) in [5, 5.41) is 4.00. The van der Waals surface area contributed by atoms with Crippen molar-refractivity contribution in [2.75, 3.05) is 6.61 Å². The number of nitrogens with one attached hydrogen (secondary N) is 1. The predicted octanol–water partition coefficient (Wildman–Crippen LogP) is 4.37. The van der Waals surface area contributed by atoms with Crippen LogP contribution in [-0.4, -0.2) is 43.1 Å². The number of halogens is 2. The number of hydrogen-bond acceptors (Lipinski definition) is 7. The highest BCUT2D eigenvalue weighted by atomic mass is 35.5. The molecule has 0 aromatic carbocycles. The Morgan fingerprint density at radius 3 is 2.53 bits per heavy atom. The van der Waals surface area contributed by atoms with Crippen LogP contribution in [0.2, 0.25) is 0 Å². The minimum absolute atomic E-state index is 0.0881. The van der Waals surface area contributed by atoms with E-state index in [9.17, 15) is 14.4 Å². The lowest BCUT2D eigenvalue weighted by atomic mass is 9.69. The number of hydrogen-bond donors (Lipinski definition) is 1. The zero-order valence-corrected chi connectivity index (χ0v) is 22.7. The Morgan fingerprint density at radius 2 is 1.92 bits per heavy atom. The van der Waals surface area contributed by atoms with Gasteiger partial charge in [0.25, 0.3) is 5.56 Å². The zero-order valence-electron chi connectivity index (χ0n) is 20.3. The lowest BCUT2D eigenvalue weighted by Gasteiger charge is -2.44. The smallest absolute Gasteiger partial charge is 0.351 e. The summed E-state index contributed by atoms with van der Waals surface area (Å²) >= 11 is 15.2. The Bertz CT molecular complexity index is 1250. The molecular formula is C25H30Cl2N4O4S. The molecule has 0 saturated heterocycles. The van der Waals surface area contributed by atoms with Gasteiger partial charge in [-0.3, -0.25) is 9.78 Å². The van der Waals surface area contributed by atoms with Crippen molar-refractivity contribution in [3.63, 3.8) is 0 Å². The number of nitrogens with zero attached hydrogens (tertiary/aromatic N) is 3. The van der Waals surface area contributed by atoms with Crippen LogP contribution in [0.15, 0.2) is 15.8 Å². The second-order valence-corrected chi connectivity index (χ2v) is 12.3. The molecule has 8 nitrogen and oxygen atoms in total. The molecule has 2 aliphatic rings. The average molecular weight is 554 g/mol. The summed E-state index contributed by atoms with van der Waals surface area (Å²) in [6, 6.07) is -0.338. The molecule has 0 radical (unpaired) electrons. The first kappa shape index (κ1) is 26.9. The molecule has 0 amide bonds. The summed E-state index contributed by atoms with van der Waals surface area (Å²) < 4.78 is 6.53. The van der Waals surface area contributed by atoms with Gasteiger partial charge in [-0.2, -0.15) is 5.10 Å². The molecule has 194 valence electrons. The van der Waals surface area contributed by atoms with E-state index in [-0.39, 0.29) is 35.2 Å². The van der Waals surface area contributed by atoms with Gasteiger partial charge in [0.1, 0.15) is 11.1 Å². The zero-order chi connectivity index (χ0) is 26.0. The number of esters is 1. The number of carbonyl (C=O) groups is 1. The second kappa shape index (κ2) is 11.1. The molecule has 2 atom stereocenters. The maximum absolute atomic E-state index is 12.9. The van der Waals surface area contributed by atoms with Crippen LogP contribution >= 0.6 is 34.5 Å². The highest BCUT2D eigenvalue weighted by molar-refractivity contribution is 7.13. The standard InChI is InChI=1S/C25H30Cl2N4O4S/c1-4-10-35-22(33)21-20(14-8-6-5-7-9-14)30-23(36-21)25(2,3)19-16(26)11-15(12-17(19)27)31-24(34)29-18(32)13-28-31/h1,13-17,19H,5-12H2,2-3H3,(H,29,32,34). The van der Waals surface area contributed by atoms with Gasteiger partial charge in [0.2, 0.25) is 0 Å². The molecule has 2 aliphatic carbocycles. The van der Waals surface area contributed by atoms with Gasteiger partial charge < -0.3 is 4.74 Å². The van der Waals surface area contributed by atoms with Crippen molar-refractivity contribution in [2.24, 2.45) is 5.92 Å². The van der Waals surface area contributed by atoms with Gasteiger partial charge in [-0.1, -0.05) is 39.0 Å². The predicted molar refractivity (Wildman–Crippen MR) is 140 cm³/mol. The third-order valence-corrected chi connectivity index (χ3v) is 9.65. The van der Waals surface area contributed by atoms with E-state index in [1.165, 1.54) is 22.4 Å². The quantitative estimate of drug-likeness (QED) is 0.324. The van der Waals surface area contributed by atoms with Gasteiger partial charge in [0.05, 0.1) is 16.7 Å². The number of rotatable bonds is 6. The van der Waals surface area contributed by atoms with Crippen LogP contribution < -0.4 is 11.2 Å². The van der Waals surface area contributed by atoms with Crippen molar-refractivity contribution in [1.29, 1.82) is 0 Å². The fourth-order valence-corrected chi connectivity index (χ4v) is 8.25. The number of carbonyl (C=O) groups excluding carboxylic acids is 1. The first-order chi connectivity index (χ1) is 17.1. The van der Waals surface area contributed by atoms with E-state index in [2.05, 4.69) is 16.0 Å². The maximum atomic E-state index is 12.9. The molecule has 2 aromatic heterocycles. The molecule has 2 fully saturated rings. The van der Waals surface area contributed by atoms with E-state index < -0.39 is 22.6 Å². The molecule has 0 aliphatic heterocycles. The Labute approximate surface area is 223 Å². The number of terminal acetylenes is 1. The Kier molecular flexibility index (Phi) is 8.28. The van der Waals surface area contributed by atoms with Gasteiger partial charge in [0.15, 0.2) is 6.61 Å². The molecule has 2 saturated carbocycles. The molecule has 2 unspecified atom stereocenters. The monoisotopic (exact) mass is 552 g/mol. The van der Waals surface area contributed by atoms with E-state index >= 15 is 0 Å². The van der Waals surface area contributed by atoms with Gasteiger partial charge in [-0.15, -0.1) is 41.0 Å². The van der Waals surface area contributed by atoms with E-state index in [4.69, 9.17) is 39.3 Å². The van der Waals surface area contributed by atoms with Crippen molar-refractivity contribution in [1.82, 2.24) is 19.7 Å². The number of thiazole rings is 1. The van der Waals surface area contributed by atoms with E-state index in [0.29, 0.717) is 17.7 Å². The molecule has 2 aromatic rings. The van der Waals surface area contributed by atoms with Gasteiger partial charge in [-0.25, -0.2) is 19.3 Å². The molecule has 0 spiro atoms. The number of H-pyrrole nitrogens is 1. The average Bonchev–Trinajstić information content (AvgIpc) is 3.29. The van der Waals surface area contributed by atoms with E-state index in [1.54, 1.807) is 0 Å². The minimum atomic E-state index is -0.579. The second-order valence-electron chi connectivity index (χ2n) is 10.1. The Morgan fingerprint density at radius 1 is 1.25 bits per heavy atom. The van der Waals surface area contributed by atoms with E-state index in [0.717, 1.165) is 42.6 Å². The molecule has 4 rings (SSSR count). The molecule has 36 heavy (non-hydrogen) atoms. The van der Waals surface area contributed by atoms with Crippen molar-refractivity contribution in [2.45, 2.75) is 86.9 Å². The van der Waals surface area contributed by atoms with Gasteiger partial charge in [0, 0.05) is 28.0 Å². The lowest BCUT2D eigenvalue weighted by Crippen LogP contribution is -2.48. The van der Waals surface area contributed by atoms with Crippen LogP contribution in [0.25, 0.3) is 0 Å². The van der Waals surface area contributed by atoms with Crippen LogP contribution in [0.3, 0.4) is 0 Å². The van der Waals surface area contributed by atoms with Gasteiger partial charge in [-0.05, 0) is 25.7 Å². The summed E-state index contributed by atoms with van der Waals surface area (Å²) in [6.07, 6.45) is 12.7. The lowest BCUT2D eigenvalue weighted by molar-refractivity contribution is 0.0560. The van der Waals surface area contributed by atoms with Crippen molar-refractivity contribution >= 4 is 40.5 Å². The Hall–Kier alpha value is -2.15. The van der Waals surface area contributed by atoms with Crippen molar-refractivity contribution in [3.8, 4) is 12.3 Å². The first-order valence-corrected chi connectivity index (χ1v) is 13.9. The van der Waals surface area contributed by atoms with Crippen LogP contribution in [0, 0.1) is 18.3 Å². The van der Waals surface area contributed by atoms with Crippen LogP contribution in [0.5, 0.6) is 0 Å². The summed E-state index contributed by atoms with van der Waals surface area (Å²) in [5.74, 6) is 1.93. The summed E-state index contributed by atoms with van der Waals surface area (Å²) in [4.78, 5) is 44.4. The largest absolute Gasteiger partial charge is 0.448 e. The fourth-order valence-electron chi connectivity index (χ4n) is 5.58. The van der Waals surface area contributed by atoms with E-state index in [1.807, 2.05) is 13.8 Å². The van der Waals surface area contributed by atoms with Crippen LogP contribution in [-0.2, 0) is 10.2 Å². The fraction of sp³-hybridized carbons (Fsp3) is 0.640.